The Balaban J connectivity index is 2.33. The zero-order valence-electron chi connectivity index (χ0n) is 10.6. The fourth-order valence-electron chi connectivity index (χ4n) is 1.86. The van der Waals surface area contributed by atoms with Gasteiger partial charge in [-0.3, -0.25) is 9.67 Å². The molecule has 4 heteroatoms. The average molecular weight is 240 g/mol. The maximum Gasteiger partial charge on any atom is 0.0899 e. The summed E-state index contributed by atoms with van der Waals surface area (Å²) in [5.41, 5.74) is 2.25. The second kappa shape index (κ2) is 5.46. The van der Waals surface area contributed by atoms with Gasteiger partial charge in [0.05, 0.1) is 24.7 Å². The molecule has 1 atom stereocenters. The van der Waals surface area contributed by atoms with Crippen molar-refractivity contribution >= 4 is 0 Å². The quantitative estimate of drug-likeness (QED) is 0.825. The van der Waals surface area contributed by atoms with E-state index in [1.54, 1.807) is 12.4 Å². The molecule has 0 aromatic carbocycles. The van der Waals surface area contributed by atoms with Gasteiger partial charge in [-0.15, -0.1) is 0 Å². The summed E-state index contributed by atoms with van der Waals surface area (Å²) < 4.78 is 1.87. The maximum absolute atomic E-state index is 8.97. The minimum atomic E-state index is -0.0366. The molecular formula is C14H16N4. The third kappa shape index (κ3) is 2.57. The molecule has 0 saturated carbocycles. The zero-order valence-corrected chi connectivity index (χ0v) is 10.6. The topological polar surface area (TPSA) is 54.5 Å². The molecule has 0 fully saturated rings. The third-order valence-corrected chi connectivity index (χ3v) is 2.98. The van der Waals surface area contributed by atoms with Crippen molar-refractivity contribution in [2.24, 2.45) is 0 Å². The van der Waals surface area contributed by atoms with Gasteiger partial charge in [0.25, 0.3) is 0 Å². The van der Waals surface area contributed by atoms with E-state index in [4.69, 9.17) is 5.26 Å². The van der Waals surface area contributed by atoms with E-state index < -0.39 is 0 Å². The van der Waals surface area contributed by atoms with E-state index in [2.05, 4.69) is 30.0 Å². The Labute approximate surface area is 107 Å². The first kappa shape index (κ1) is 12.3. The van der Waals surface area contributed by atoms with Crippen molar-refractivity contribution in [2.75, 3.05) is 0 Å². The fourth-order valence-corrected chi connectivity index (χ4v) is 1.86. The van der Waals surface area contributed by atoms with Crippen LogP contribution in [-0.4, -0.2) is 14.8 Å². The van der Waals surface area contributed by atoms with Crippen LogP contribution in [-0.2, 0) is 0 Å². The van der Waals surface area contributed by atoms with Crippen LogP contribution in [0.15, 0.2) is 36.9 Å². The van der Waals surface area contributed by atoms with E-state index in [-0.39, 0.29) is 6.04 Å². The molecule has 0 amide bonds. The molecule has 0 saturated heterocycles. The highest BCUT2D eigenvalue weighted by atomic mass is 15.3. The van der Waals surface area contributed by atoms with Gasteiger partial charge in [0.15, 0.2) is 0 Å². The van der Waals surface area contributed by atoms with Crippen molar-refractivity contribution in [3.05, 3.63) is 48.0 Å². The monoisotopic (exact) mass is 240 g/mol. The standard InChI is InChI=1S/C14H16N4/c1-11(2)13-9-17-18(10-13)14(3-6-15)12-4-7-16-8-5-12/h4-5,7-11,14H,3H2,1-2H3. The summed E-state index contributed by atoms with van der Waals surface area (Å²) in [5.74, 6) is 0.443. The Hall–Kier alpha value is -2.15. The van der Waals surface area contributed by atoms with E-state index in [0.717, 1.165) is 5.56 Å². The van der Waals surface area contributed by atoms with Crippen LogP contribution in [0.5, 0.6) is 0 Å². The summed E-state index contributed by atoms with van der Waals surface area (Å²) in [5, 5.41) is 13.3. The number of nitriles is 1. The molecule has 0 bridgehead atoms. The Morgan fingerprint density at radius 1 is 1.28 bits per heavy atom. The van der Waals surface area contributed by atoms with Crippen molar-refractivity contribution in [2.45, 2.75) is 32.2 Å². The molecule has 2 aromatic rings. The first-order valence-electron chi connectivity index (χ1n) is 6.03. The molecule has 2 heterocycles. The lowest BCUT2D eigenvalue weighted by atomic mass is 10.1. The smallest absolute Gasteiger partial charge is 0.0899 e. The minimum absolute atomic E-state index is 0.0366. The van der Waals surface area contributed by atoms with Gasteiger partial charge in [-0.2, -0.15) is 10.4 Å². The maximum atomic E-state index is 8.97. The summed E-state index contributed by atoms with van der Waals surface area (Å²) >= 11 is 0. The zero-order chi connectivity index (χ0) is 13.0. The molecular weight excluding hydrogens is 224 g/mol. The van der Waals surface area contributed by atoms with Crippen LogP contribution in [0.3, 0.4) is 0 Å². The predicted octanol–water partition coefficient (Wildman–Crippen LogP) is 2.90. The van der Waals surface area contributed by atoms with Crippen molar-refractivity contribution in [3.63, 3.8) is 0 Å². The van der Waals surface area contributed by atoms with Gasteiger partial charge in [-0.05, 0) is 29.2 Å². The van der Waals surface area contributed by atoms with E-state index in [9.17, 15) is 0 Å². The summed E-state index contributed by atoms with van der Waals surface area (Å²) in [4.78, 5) is 4.00. The van der Waals surface area contributed by atoms with Crippen LogP contribution in [0.25, 0.3) is 0 Å². The lowest BCUT2D eigenvalue weighted by Gasteiger charge is -2.14. The summed E-state index contributed by atoms with van der Waals surface area (Å²) in [7, 11) is 0. The number of hydrogen-bond acceptors (Lipinski definition) is 3. The Morgan fingerprint density at radius 3 is 2.56 bits per heavy atom. The lowest BCUT2D eigenvalue weighted by molar-refractivity contribution is 0.531. The van der Waals surface area contributed by atoms with Gasteiger partial charge in [0, 0.05) is 18.6 Å². The summed E-state index contributed by atoms with van der Waals surface area (Å²) in [6.07, 6.45) is 7.78. The summed E-state index contributed by atoms with van der Waals surface area (Å²) in [6.45, 7) is 4.26. The van der Waals surface area contributed by atoms with Crippen molar-refractivity contribution < 1.29 is 0 Å². The van der Waals surface area contributed by atoms with E-state index in [1.165, 1.54) is 5.56 Å². The molecule has 0 aliphatic carbocycles. The largest absolute Gasteiger partial charge is 0.265 e. The van der Waals surface area contributed by atoms with Crippen LogP contribution >= 0.6 is 0 Å². The van der Waals surface area contributed by atoms with E-state index in [0.29, 0.717) is 12.3 Å². The van der Waals surface area contributed by atoms with Crippen molar-refractivity contribution in [1.82, 2.24) is 14.8 Å². The fraction of sp³-hybridized carbons (Fsp3) is 0.357. The second-order valence-corrected chi connectivity index (χ2v) is 4.57. The highest BCUT2D eigenvalue weighted by Gasteiger charge is 2.15. The molecule has 2 rings (SSSR count). The lowest BCUT2D eigenvalue weighted by Crippen LogP contribution is -2.10. The molecule has 0 spiro atoms. The van der Waals surface area contributed by atoms with E-state index in [1.807, 2.05) is 29.2 Å². The molecule has 0 aliphatic rings. The molecule has 1 unspecified atom stereocenters. The average Bonchev–Trinajstić information content (AvgIpc) is 2.86. The Morgan fingerprint density at radius 2 is 2.00 bits per heavy atom. The first-order valence-corrected chi connectivity index (χ1v) is 6.03. The number of aromatic nitrogens is 3. The van der Waals surface area contributed by atoms with Crippen LogP contribution in [0.2, 0.25) is 0 Å². The molecule has 0 aliphatic heterocycles. The predicted molar refractivity (Wildman–Crippen MR) is 68.9 cm³/mol. The van der Waals surface area contributed by atoms with Gasteiger partial charge in [-0.25, -0.2) is 0 Å². The number of rotatable bonds is 4. The molecule has 2 aromatic heterocycles. The highest BCUT2D eigenvalue weighted by molar-refractivity contribution is 5.19. The molecule has 4 nitrogen and oxygen atoms in total. The van der Waals surface area contributed by atoms with Gasteiger partial charge in [-0.1, -0.05) is 13.8 Å². The normalized spacial score (nSPS) is 12.3. The minimum Gasteiger partial charge on any atom is -0.265 e. The second-order valence-electron chi connectivity index (χ2n) is 4.57. The number of pyridine rings is 1. The third-order valence-electron chi connectivity index (χ3n) is 2.98. The first-order chi connectivity index (χ1) is 8.72. The SMILES string of the molecule is CC(C)c1cnn(C(CC#N)c2ccncc2)c1. The Kier molecular flexibility index (Phi) is 3.73. The van der Waals surface area contributed by atoms with Crippen molar-refractivity contribution in [1.29, 1.82) is 5.26 Å². The van der Waals surface area contributed by atoms with Gasteiger partial charge < -0.3 is 0 Å². The molecule has 0 radical (unpaired) electrons. The molecule has 0 N–H and O–H groups in total. The van der Waals surface area contributed by atoms with Crippen LogP contribution in [0.4, 0.5) is 0 Å². The van der Waals surface area contributed by atoms with Gasteiger partial charge >= 0.3 is 0 Å². The summed E-state index contributed by atoms with van der Waals surface area (Å²) in [6, 6.07) is 6.04. The van der Waals surface area contributed by atoms with Crippen LogP contribution < -0.4 is 0 Å². The van der Waals surface area contributed by atoms with Crippen LogP contribution in [0, 0.1) is 11.3 Å². The van der Waals surface area contributed by atoms with Crippen molar-refractivity contribution in [3.8, 4) is 6.07 Å². The van der Waals surface area contributed by atoms with Gasteiger partial charge in [0.2, 0.25) is 0 Å². The number of nitrogens with zero attached hydrogens (tertiary/aromatic N) is 4. The highest BCUT2D eigenvalue weighted by Crippen LogP contribution is 2.22. The number of hydrogen-bond donors (Lipinski definition) is 0. The van der Waals surface area contributed by atoms with Crippen LogP contribution in [0.1, 0.15) is 43.4 Å². The van der Waals surface area contributed by atoms with Gasteiger partial charge in [0.1, 0.15) is 0 Å². The van der Waals surface area contributed by atoms with E-state index >= 15 is 0 Å². The molecule has 18 heavy (non-hydrogen) atoms. The Bertz CT molecular complexity index is 536. The molecule has 92 valence electrons.